The Bertz CT molecular complexity index is 554. The summed E-state index contributed by atoms with van der Waals surface area (Å²) in [4.78, 5) is 3.44. The normalized spacial score (nSPS) is 35.2. The number of hydrogen-bond acceptors (Lipinski definition) is 0. The van der Waals surface area contributed by atoms with Crippen LogP contribution in [0.3, 0.4) is 0 Å². The molecule has 2 atom stereocenters. The molecule has 1 aromatic heterocycles. The third-order valence-electron chi connectivity index (χ3n) is 5.31. The van der Waals surface area contributed by atoms with Gasteiger partial charge >= 0.3 is 0 Å². The van der Waals surface area contributed by atoms with E-state index in [1.54, 1.807) is 5.56 Å². The Morgan fingerprint density at radius 2 is 1.72 bits per heavy atom. The topological polar surface area (TPSA) is 15.8 Å². The highest BCUT2D eigenvalue weighted by Crippen LogP contribution is 2.53. The molecule has 0 saturated heterocycles. The van der Waals surface area contributed by atoms with Gasteiger partial charge in [0.25, 0.3) is 0 Å². The highest BCUT2D eigenvalue weighted by atomic mass is 14.7. The summed E-state index contributed by atoms with van der Waals surface area (Å²) in [6, 6.07) is 8.75. The Morgan fingerprint density at radius 3 is 2.50 bits per heavy atom. The third kappa shape index (κ3) is 1.53. The van der Waals surface area contributed by atoms with Gasteiger partial charge in [-0.1, -0.05) is 25.1 Å². The highest BCUT2D eigenvalue weighted by molar-refractivity contribution is 5.83. The van der Waals surface area contributed by atoms with Crippen LogP contribution in [-0.2, 0) is 0 Å². The van der Waals surface area contributed by atoms with Gasteiger partial charge in [0.1, 0.15) is 0 Å². The van der Waals surface area contributed by atoms with E-state index in [4.69, 9.17) is 0 Å². The van der Waals surface area contributed by atoms with Crippen molar-refractivity contribution in [1.82, 2.24) is 4.98 Å². The molecule has 2 saturated carbocycles. The van der Waals surface area contributed by atoms with E-state index in [-0.39, 0.29) is 0 Å². The SMILES string of the molecule is CC1CC2CC(c3c[nH]c4ccccc34)CC2C1. The van der Waals surface area contributed by atoms with Gasteiger partial charge in [0, 0.05) is 17.1 Å². The average molecular weight is 239 g/mol. The summed E-state index contributed by atoms with van der Waals surface area (Å²) in [7, 11) is 0. The zero-order chi connectivity index (χ0) is 12.1. The molecule has 0 bridgehead atoms. The van der Waals surface area contributed by atoms with Crippen molar-refractivity contribution in [3.8, 4) is 0 Å². The lowest BCUT2D eigenvalue weighted by molar-refractivity contribution is 0.457. The van der Waals surface area contributed by atoms with Crippen LogP contribution in [0.4, 0.5) is 0 Å². The van der Waals surface area contributed by atoms with Crippen molar-refractivity contribution in [3.05, 3.63) is 36.0 Å². The Hall–Kier alpha value is -1.24. The molecule has 2 aromatic rings. The summed E-state index contributed by atoms with van der Waals surface area (Å²) in [5, 5.41) is 1.45. The standard InChI is InChI=1S/C17H21N/c1-11-6-12-8-14(9-13(12)7-11)16-10-18-17-5-3-2-4-15(16)17/h2-5,10-14,18H,6-9H2,1H3. The van der Waals surface area contributed by atoms with Crippen LogP contribution in [0.1, 0.15) is 44.1 Å². The number of aromatic nitrogens is 1. The summed E-state index contributed by atoms with van der Waals surface area (Å²) in [6.07, 6.45) is 8.07. The first kappa shape index (κ1) is 10.7. The van der Waals surface area contributed by atoms with Crippen molar-refractivity contribution < 1.29 is 0 Å². The summed E-state index contributed by atoms with van der Waals surface area (Å²) >= 11 is 0. The smallest absolute Gasteiger partial charge is 0.0456 e. The predicted molar refractivity (Wildman–Crippen MR) is 75.7 cm³/mol. The van der Waals surface area contributed by atoms with E-state index in [0.717, 1.165) is 23.7 Å². The number of fused-ring (bicyclic) bond motifs is 2. The lowest BCUT2D eigenvalue weighted by Gasteiger charge is -2.11. The lowest BCUT2D eigenvalue weighted by atomic mass is 9.93. The molecule has 1 nitrogen and oxygen atoms in total. The Morgan fingerprint density at radius 1 is 1.00 bits per heavy atom. The lowest BCUT2D eigenvalue weighted by Crippen LogP contribution is -1.96. The number of nitrogens with one attached hydrogen (secondary N) is 1. The third-order valence-corrected chi connectivity index (χ3v) is 5.31. The largest absolute Gasteiger partial charge is 0.361 e. The van der Waals surface area contributed by atoms with Gasteiger partial charge in [0.2, 0.25) is 0 Å². The molecule has 2 unspecified atom stereocenters. The summed E-state index contributed by atoms with van der Waals surface area (Å²) in [6.45, 7) is 2.43. The van der Waals surface area contributed by atoms with Crippen molar-refractivity contribution >= 4 is 10.9 Å². The second-order valence-electron chi connectivity index (χ2n) is 6.55. The quantitative estimate of drug-likeness (QED) is 0.742. The van der Waals surface area contributed by atoms with Crippen LogP contribution in [0.5, 0.6) is 0 Å². The molecular weight excluding hydrogens is 218 g/mol. The second-order valence-corrected chi connectivity index (χ2v) is 6.55. The molecule has 94 valence electrons. The molecule has 2 aliphatic rings. The van der Waals surface area contributed by atoms with Gasteiger partial charge in [-0.15, -0.1) is 0 Å². The van der Waals surface area contributed by atoms with E-state index < -0.39 is 0 Å². The number of H-pyrrole nitrogens is 1. The molecule has 18 heavy (non-hydrogen) atoms. The van der Waals surface area contributed by atoms with E-state index in [0.29, 0.717) is 0 Å². The number of aromatic amines is 1. The molecule has 2 aliphatic carbocycles. The van der Waals surface area contributed by atoms with E-state index in [2.05, 4.69) is 42.4 Å². The second kappa shape index (κ2) is 3.88. The van der Waals surface area contributed by atoms with Gasteiger partial charge in [-0.2, -0.15) is 0 Å². The minimum Gasteiger partial charge on any atom is -0.361 e. The maximum atomic E-state index is 3.44. The Labute approximate surface area is 109 Å². The molecule has 4 rings (SSSR count). The van der Waals surface area contributed by atoms with E-state index in [1.807, 2.05) is 0 Å². The van der Waals surface area contributed by atoms with E-state index in [1.165, 1.54) is 36.6 Å². The molecule has 0 spiro atoms. The molecule has 0 amide bonds. The molecule has 1 heterocycles. The minimum atomic E-state index is 0.809. The summed E-state index contributed by atoms with van der Waals surface area (Å²) < 4.78 is 0. The number of benzene rings is 1. The molecule has 2 fully saturated rings. The molecule has 1 aromatic carbocycles. The number of hydrogen-bond donors (Lipinski definition) is 1. The zero-order valence-electron chi connectivity index (χ0n) is 11.0. The van der Waals surface area contributed by atoms with Gasteiger partial charge < -0.3 is 4.98 Å². The van der Waals surface area contributed by atoms with Crippen molar-refractivity contribution in [2.24, 2.45) is 17.8 Å². The van der Waals surface area contributed by atoms with Crippen molar-refractivity contribution in [3.63, 3.8) is 0 Å². The van der Waals surface area contributed by atoms with Gasteiger partial charge in [-0.05, 0) is 61.0 Å². The van der Waals surface area contributed by atoms with Gasteiger partial charge in [0.05, 0.1) is 0 Å². The first-order valence-corrected chi connectivity index (χ1v) is 7.37. The Kier molecular flexibility index (Phi) is 2.30. The minimum absolute atomic E-state index is 0.809. The fourth-order valence-electron chi connectivity index (χ4n) is 4.60. The maximum Gasteiger partial charge on any atom is 0.0456 e. The van der Waals surface area contributed by atoms with E-state index >= 15 is 0 Å². The maximum absolute atomic E-state index is 3.44. The fourth-order valence-corrected chi connectivity index (χ4v) is 4.60. The van der Waals surface area contributed by atoms with Gasteiger partial charge in [-0.25, -0.2) is 0 Å². The molecule has 0 aliphatic heterocycles. The summed E-state index contributed by atoms with van der Waals surface area (Å²) in [5.41, 5.74) is 2.88. The van der Waals surface area contributed by atoms with Gasteiger partial charge in [-0.3, -0.25) is 0 Å². The van der Waals surface area contributed by atoms with Crippen LogP contribution >= 0.6 is 0 Å². The number of para-hydroxylation sites is 1. The monoisotopic (exact) mass is 239 g/mol. The van der Waals surface area contributed by atoms with Crippen molar-refractivity contribution in [1.29, 1.82) is 0 Å². The highest BCUT2D eigenvalue weighted by Gasteiger charge is 2.40. The van der Waals surface area contributed by atoms with Crippen LogP contribution in [-0.4, -0.2) is 4.98 Å². The first-order chi connectivity index (χ1) is 8.81. The van der Waals surface area contributed by atoms with E-state index in [9.17, 15) is 0 Å². The molecular formula is C17H21N. The number of rotatable bonds is 1. The Balaban J connectivity index is 1.65. The summed E-state index contributed by atoms with van der Waals surface area (Å²) in [5.74, 6) is 3.81. The van der Waals surface area contributed by atoms with Crippen LogP contribution < -0.4 is 0 Å². The average Bonchev–Trinajstić information content (AvgIpc) is 2.99. The van der Waals surface area contributed by atoms with Crippen LogP contribution in [0, 0.1) is 17.8 Å². The van der Waals surface area contributed by atoms with Crippen LogP contribution in [0.2, 0.25) is 0 Å². The predicted octanol–water partition coefficient (Wildman–Crippen LogP) is 4.71. The van der Waals surface area contributed by atoms with Crippen LogP contribution in [0.25, 0.3) is 10.9 Å². The fraction of sp³-hybridized carbons (Fsp3) is 0.529. The van der Waals surface area contributed by atoms with Crippen molar-refractivity contribution in [2.45, 2.75) is 38.5 Å². The molecule has 1 heteroatoms. The first-order valence-electron chi connectivity index (χ1n) is 7.37. The van der Waals surface area contributed by atoms with Gasteiger partial charge in [0.15, 0.2) is 0 Å². The van der Waals surface area contributed by atoms with Crippen molar-refractivity contribution in [2.75, 3.05) is 0 Å². The zero-order valence-corrected chi connectivity index (χ0v) is 11.0. The molecule has 1 N–H and O–H groups in total. The van der Waals surface area contributed by atoms with Crippen LogP contribution in [0.15, 0.2) is 30.5 Å². The molecule has 0 radical (unpaired) electrons.